The topological polar surface area (TPSA) is 84.1 Å². The molecule has 0 saturated carbocycles. The summed E-state index contributed by atoms with van der Waals surface area (Å²) >= 11 is 0. The number of halogens is 1. The molecule has 5 nitrogen and oxygen atoms in total. The fourth-order valence-corrected chi connectivity index (χ4v) is 2.28. The van der Waals surface area contributed by atoms with Gasteiger partial charge in [-0.15, -0.1) is 0 Å². The molecular formula is C15H21FN4O. The molecule has 1 aromatic carbocycles. The fourth-order valence-electron chi connectivity index (χ4n) is 2.28. The van der Waals surface area contributed by atoms with Crippen molar-refractivity contribution in [2.45, 2.75) is 38.6 Å². The van der Waals surface area contributed by atoms with Crippen LogP contribution in [0.3, 0.4) is 0 Å². The number of nitrogens with one attached hydrogen (secondary N) is 1. The van der Waals surface area contributed by atoms with E-state index in [0.717, 1.165) is 19.3 Å². The Morgan fingerprint density at radius 2 is 2.14 bits per heavy atom. The third-order valence-electron chi connectivity index (χ3n) is 3.54. The van der Waals surface area contributed by atoms with E-state index in [-0.39, 0.29) is 12.6 Å². The quantitative estimate of drug-likeness (QED) is 0.762. The highest BCUT2D eigenvalue weighted by molar-refractivity contribution is 5.90. The lowest BCUT2D eigenvalue weighted by molar-refractivity contribution is 0.212. The van der Waals surface area contributed by atoms with Gasteiger partial charge in [-0.05, 0) is 25.5 Å². The molecule has 114 valence electrons. The van der Waals surface area contributed by atoms with E-state index in [9.17, 15) is 9.50 Å². The summed E-state index contributed by atoms with van der Waals surface area (Å²) in [5, 5.41) is 13.1. The van der Waals surface area contributed by atoms with Gasteiger partial charge in [0, 0.05) is 0 Å². The summed E-state index contributed by atoms with van der Waals surface area (Å²) in [7, 11) is 0. The summed E-state index contributed by atoms with van der Waals surface area (Å²) in [4.78, 5) is 8.15. The van der Waals surface area contributed by atoms with Crippen LogP contribution in [0.15, 0.2) is 18.2 Å². The Labute approximate surface area is 123 Å². The van der Waals surface area contributed by atoms with Gasteiger partial charge in [-0.25, -0.2) is 9.37 Å². The van der Waals surface area contributed by atoms with Gasteiger partial charge >= 0.3 is 0 Å². The minimum Gasteiger partial charge on any atom is -0.394 e. The van der Waals surface area contributed by atoms with E-state index >= 15 is 0 Å². The Morgan fingerprint density at radius 3 is 2.81 bits per heavy atom. The molecule has 0 saturated heterocycles. The molecule has 1 aromatic heterocycles. The first kappa shape index (κ1) is 15.4. The molecule has 0 aliphatic carbocycles. The number of rotatable bonds is 6. The number of nitrogen functional groups attached to an aromatic ring is 1. The number of fused-ring (bicyclic) bond motifs is 1. The lowest BCUT2D eigenvalue weighted by Crippen LogP contribution is -2.39. The number of aromatic nitrogens is 2. The minimum atomic E-state index is -0.577. The molecule has 0 aliphatic heterocycles. The van der Waals surface area contributed by atoms with E-state index in [4.69, 9.17) is 5.73 Å². The van der Waals surface area contributed by atoms with Gasteiger partial charge in [0.25, 0.3) is 0 Å². The van der Waals surface area contributed by atoms with Crippen molar-refractivity contribution in [3.63, 3.8) is 0 Å². The van der Waals surface area contributed by atoms with Crippen LogP contribution in [0.25, 0.3) is 10.9 Å². The lowest BCUT2D eigenvalue weighted by atomic mass is 9.95. The molecule has 2 rings (SSSR count). The molecular weight excluding hydrogens is 271 g/mol. The molecule has 0 radical (unpaired) electrons. The molecule has 6 heteroatoms. The van der Waals surface area contributed by atoms with Gasteiger partial charge in [-0.2, -0.15) is 4.98 Å². The summed E-state index contributed by atoms with van der Waals surface area (Å²) in [6, 6.07) is 4.62. The van der Waals surface area contributed by atoms with E-state index in [1.165, 1.54) is 6.07 Å². The van der Waals surface area contributed by atoms with Gasteiger partial charge < -0.3 is 16.2 Å². The Morgan fingerprint density at radius 1 is 1.38 bits per heavy atom. The number of nitrogens with two attached hydrogens (primary N) is 1. The average Bonchev–Trinajstić information content (AvgIpc) is 2.44. The van der Waals surface area contributed by atoms with E-state index in [1.54, 1.807) is 12.1 Å². The molecule has 1 atom stereocenters. The maximum atomic E-state index is 14.1. The number of benzene rings is 1. The second kappa shape index (κ2) is 6.22. The molecule has 0 fully saturated rings. The number of hydrogen-bond donors (Lipinski definition) is 3. The van der Waals surface area contributed by atoms with Crippen LogP contribution < -0.4 is 11.1 Å². The average molecular weight is 292 g/mol. The first-order valence-corrected chi connectivity index (χ1v) is 7.10. The van der Waals surface area contributed by atoms with Crippen LogP contribution in [-0.2, 0) is 0 Å². The van der Waals surface area contributed by atoms with Gasteiger partial charge in [0.15, 0.2) is 0 Å². The molecule has 0 spiro atoms. The number of nitrogens with zero attached hydrogens (tertiary/aromatic N) is 2. The van der Waals surface area contributed by atoms with Crippen molar-refractivity contribution in [3.05, 3.63) is 24.0 Å². The van der Waals surface area contributed by atoms with Crippen molar-refractivity contribution in [3.8, 4) is 0 Å². The molecule has 0 bridgehead atoms. The van der Waals surface area contributed by atoms with E-state index < -0.39 is 11.4 Å². The van der Waals surface area contributed by atoms with E-state index in [1.807, 2.05) is 6.92 Å². The SMILES string of the molecule is CCCC[C@@](C)(CO)Nc1nc(N)nc2cccc(F)c12. The third-order valence-corrected chi connectivity index (χ3v) is 3.54. The van der Waals surface area contributed by atoms with Crippen LogP contribution in [-0.4, -0.2) is 27.2 Å². The Hall–Kier alpha value is -1.95. The zero-order valence-electron chi connectivity index (χ0n) is 12.4. The highest BCUT2D eigenvalue weighted by Gasteiger charge is 2.25. The Kier molecular flexibility index (Phi) is 4.57. The Balaban J connectivity index is 2.45. The van der Waals surface area contributed by atoms with Crippen LogP contribution in [0.2, 0.25) is 0 Å². The fraction of sp³-hybridized carbons (Fsp3) is 0.467. The minimum absolute atomic E-state index is 0.0754. The van der Waals surface area contributed by atoms with Gasteiger partial charge in [-0.1, -0.05) is 25.8 Å². The van der Waals surface area contributed by atoms with Gasteiger partial charge in [-0.3, -0.25) is 0 Å². The van der Waals surface area contributed by atoms with Gasteiger partial charge in [0.1, 0.15) is 11.6 Å². The predicted molar refractivity (Wildman–Crippen MR) is 82.5 cm³/mol. The largest absolute Gasteiger partial charge is 0.394 e. The monoisotopic (exact) mass is 292 g/mol. The highest BCUT2D eigenvalue weighted by atomic mass is 19.1. The smallest absolute Gasteiger partial charge is 0.222 e. The first-order chi connectivity index (χ1) is 9.99. The van der Waals surface area contributed by atoms with Crippen molar-refractivity contribution >= 4 is 22.7 Å². The van der Waals surface area contributed by atoms with Crippen molar-refractivity contribution in [2.24, 2.45) is 0 Å². The molecule has 2 aromatic rings. The number of hydrogen-bond acceptors (Lipinski definition) is 5. The highest BCUT2D eigenvalue weighted by Crippen LogP contribution is 2.28. The number of aliphatic hydroxyl groups is 1. The molecule has 0 aliphatic rings. The maximum Gasteiger partial charge on any atom is 0.222 e. The number of aliphatic hydroxyl groups excluding tert-OH is 1. The lowest BCUT2D eigenvalue weighted by Gasteiger charge is -2.30. The van der Waals surface area contributed by atoms with Crippen molar-refractivity contribution < 1.29 is 9.50 Å². The summed E-state index contributed by atoms with van der Waals surface area (Å²) in [6.45, 7) is 3.88. The van der Waals surface area contributed by atoms with Gasteiger partial charge in [0.05, 0.1) is 23.0 Å². The standard InChI is InChI=1S/C15H21FN4O/c1-3-4-8-15(2,9-21)20-13-12-10(16)6-5-7-11(12)18-14(17)19-13/h5-7,21H,3-4,8-9H2,1-2H3,(H3,17,18,19,20)/t15-/m0/s1. The van der Waals surface area contributed by atoms with Crippen molar-refractivity contribution in [1.29, 1.82) is 0 Å². The maximum absolute atomic E-state index is 14.1. The summed E-state index contributed by atoms with van der Waals surface area (Å²) in [6.07, 6.45) is 2.71. The molecule has 4 N–H and O–H groups in total. The summed E-state index contributed by atoms with van der Waals surface area (Å²) < 4.78 is 14.1. The number of anilines is 2. The van der Waals surface area contributed by atoms with Crippen LogP contribution in [0.1, 0.15) is 33.1 Å². The van der Waals surface area contributed by atoms with Crippen LogP contribution in [0.4, 0.5) is 16.2 Å². The van der Waals surface area contributed by atoms with Crippen molar-refractivity contribution in [2.75, 3.05) is 17.7 Å². The van der Waals surface area contributed by atoms with Gasteiger partial charge in [0.2, 0.25) is 5.95 Å². The van der Waals surface area contributed by atoms with Crippen LogP contribution >= 0.6 is 0 Å². The van der Waals surface area contributed by atoms with E-state index in [2.05, 4.69) is 22.2 Å². The normalized spacial score (nSPS) is 14.1. The Bertz CT molecular complexity index is 634. The van der Waals surface area contributed by atoms with E-state index in [0.29, 0.717) is 16.7 Å². The molecule has 21 heavy (non-hydrogen) atoms. The molecule has 0 amide bonds. The van der Waals surface area contributed by atoms with Crippen molar-refractivity contribution in [1.82, 2.24) is 9.97 Å². The summed E-state index contributed by atoms with van der Waals surface area (Å²) in [5.41, 5.74) is 5.56. The second-order valence-electron chi connectivity index (χ2n) is 5.51. The predicted octanol–water partition coefficient (Wildman–Crippen LogP) is 2.70. The molecule has 1 heterocycles. The first-order valence-electron chi connectivity index (χ1n) is 7.10. The zero-order chi connectivity index (χ0) is 15.5. The second-order valence-corrected chi connectivity index (χ2v) is 5.51. The third kappa shape index (κ3) is 3.39. The van der Waals surface area contributed by atoms with Crippen LogP contribution in [0, 0.1) is 5.82 Å². The zero-order valence-corrected chi connectivity index (χ0v) is 12.4. The summed E-state index contributed by atoms with van der Waals surface area (Å²) in [5.74, 6) is -0.0135. The molecule has 0 unspecified atom stereocenters. The van der Waals surface area contributed by atoms with Crippen LogP contribution in [0.5, 0.6) is 0 Å². The number of unbranched alkanes of at least 4 members (excludes halogenated alkanes) is 1.